The molecule has 0 amide bonds. The highest BCUT2D eigenvalue weighted by molar-refractivity contribution is 5.42. The van der Waals surface area contributed by atoms with Gasteiger partial charge in [-0.2, -0.15) is 0 Å². The predicted octanol–water partition coefficient (Wildman–Crippen LogP) is 1.35. The van der Waals surface area contributed by atoms with Crippen molar-refractivity contribution in [1.82, 2.24) is 10.3 Å². The van der Waals surface area contributed by atoms with Crippen LogP contribution in [0.1, 0.15) is 25.0 Å². The largest absolute Gasteiger partial charge is 0.493 e. The molecule has 0 aromatic carbocycles. The summed E-state index contributed by atoms with van der Waals surface area (Å²) in [7, 11) is 3.23. The summed E-state index contributed by atoms with van der Waals surface area (Å²) in [4.78, 5) is 4.28. The zero-order chi connectivity index (χ0) is 13.2. The molecule has 18 heavy (non-hydrogen) atoms. The van der Waals surface area contributed by atoms with Crippen LogP contribution in [0, 0.1) is 0 Å². The van der Waals surface area contributed by atoms with E-state index < -0.39 is 0 Å². The summed E-state index contributed by atoms with van der Waals surface area (Å²) >= 11 is 0. The van der Waals surface area contributed by atoms with Gasteiger partial charge in [0.05, 0.1) is 19.9 Å². The highest BCUT2D eigenvalue weighted by Gasteiger charge is 2.09. The summed E-state index contributed by atoms with van der Waals surface area (Å²) in [6.45, 7) is 1.83. The molecule has 0 atom stereocenters. The molecule has 2 N–H and O–H groups in total. The summed E-state index contributed by atoms with van der Waals surface area (Å²) in [5.41, 5.74) is 0.846. The molecule has 0 saturated carbocycles. The fourth-order valence-corrected chi connectivity index (χ4v) is 1.72. The number of hydrogen-bond donors (Lipinski definition) is 2. The minimum Gasteiger partial charge on any atom is -0.493 e. The number of pyridine rings is 1. The van der Waals surface area contributed by atoms with Crippen molar-refractivity contribution in [2.24, 2.45) is 0 Å². The highest BCUT2D eigenvalue weighted by Crippen LogP contribution is 2.28. The molecule has 0 aliphatic heterocycles. The van der Waals surface area contributed by atoms with E-state index in [2.05, 4.69) is 10.3 Å². The van der Waals surface area contributed by atoms with Gasteiger partial charge in [0.1, 0.15) is 0 Å². The quantitative estimate of drug-likeness (QED) is 0.651. The molecule has 5 heteroatoms. The second-order valence-electron chi connectivity index (χ2n) is 3.95. The number of aliphatic hydroxyl groups is 1. The van der Waals surface area contributed by atoms with Crippen molar-refractivity contribution in [3.05, 3.63) is 18.0 Å². The van der Waals surface area contributed by atoms with Crippen LogP contribution in [-0.4, -0.2) is 37.5 Å². The Morgan fingerprint density at radius 2 is 2.06 bits per heavy atom. The SMILES string of the molecule is COc1ccnc(CNCCCCCO)c1OC. The second kappa shape index (κ2) is 8.72. The summed E-state index contributed by atoms with van der Waals surface area (Å²) in [6.07, 6.45) is 4.66. The van der Waals surface area contributed by atoms with E-state index in [9.17, 15) is 0 Å². The van der Waals surface area contributed by atoms with Crippen molar-refractivity contribution < 1.29 is 14.6 Å². The van der Waals surface area contributed by atoms with E-state index in [1.54, 1.807) is 26.5 Å². The first-order valence-corrected chi connectivity index (χ1v) is 6.21. The van der Waals surface area contributed by atoms with E-state index in [0.29, 0.717) is 18.0 Å². The summed E-state index contributed by atoms with van der Waals surface area (Å²) in [5, 5.41) is 12.0. The number of aromatic nitrogens is 1. The van der Waals surface area contributed by atoms with Crippen LogP contribution in [0.5, 0.6) is 11.5 Å². The number of rotatable bonds is 9. The molecule has 0 fully saturated rings. The van der Waals surface area contributed by atoms with E-state index in [1.807, 2.05) is 0 Å². The van der Waals surface area contributed by atoms with Crippen molar-refractivity contribution in [1.29, 1.82) is 0 Å². The molecule has 1 aromatic rings. The lowest BCUT2D eigenvalue weighted by Gasteiger charge is -2.12. The van der Waals surface area contributed by atoms with Gasteiger partial charge in [0.2, 0.25) is 0 Å². The van der Waals surface area contributed by atoms with E-state index >= 15 is 0 Å². The Morgan fingerprint density at radius 1 is 1.22 bits per heavy atom. The third kappa shape index (κ3) is 4.50. The smallest absolute Gasteiger partial charge is 0.183 e. The average molecular weight is 254 g/mol. The van der Waals surface area contributed by atoms with E-state index in [1.165, 1.54) is 0 Å². The van der Waals surface area contributed by atoms with Gasteiger partial charge in [0.25, 0.3) is 0 Å². The Balaban J connectivity index is 2.41. The Morgan fingerprint density at radius 3 is 2.72 bits per heavy atom. The number of nitrogens with zero attached hydrogens (tertiary/aromatic N) is 1. The van der Waals surface area contributed by atoms with Crippen molar-refractivity contribution >= 4 is 0 Å². The number of unbranched alkanes of at least 4 members (excludes halogenated alkanes) is 2. The van der Waals surface area contributed by atoms with Gasteiger partial charge in [-0.25, -0.2) is 0 Å². The van der Waals surface area contributed by atoms with Crippen molar-refractivity contribution in [3.8, 4) is 11.5 Å². The van der Waals surface area contributed by atoms with E-state index in [4.69, 9.17) is 14.6 Å². The number of nitrogens with one attached hydrogen (secondary N) is 1. The minimum absolute atomic E-state index is 0.269. The monoisotopic (exact) mass is 254 g/mol. The van der Waals surface area contributed by atoms with Crippen LogP contribution in [0.2, 0.25) is 0 Å². The number of methoxy groups -OCH3 is 2. The van der Waals surface area contributed by atoms with Gasteiger partial charge in [-0.3, -0.25) is 4.98 Å². The zero-order valence-corrected chi connectivity index (χ0v) is 11.1. The molecule has 1 aromatic heterocycles. The fraction of sp³-hybridized carbons (Fsp3) is 0.615. The summed E-state index contributed by atoms with van der Waals surface area (Å²) < 4.78 is 10.5. The topological polar surface area (TPSA) is 63.6 Å². The Kier molecular flexibility index (Phi) is 7.13. The first-order valence-electron chi connectivity index (χ1n) is 6.21. The zero-order valence-electron chi connectivity index (χ0n) is 11.1. The molecule has 0 spiro atoms. The average Bonchev–Trinajstić information content (AvgIpc) is 2.42. The molecular weight excluding hydrogens is 232 g/mol. The number of aliphatic hydroxyl groups excluding tert-OH is 1. The standard InChI is InChI=1S/C13H22N2O3/c1-17-12-6-8-15-11(13(12)18-2)10-14-7-4-3-5-9-16/h6,8,14,16H,3-5,7,9-10H2,1-2H3. The molecule has 0 saturated heterocycles. The summed E-state index contributed by atoms with van der Waals surface area (Å²) in [5.74, 6) is 1.38. The molecule has 0 aliphatic carbocycles. The minimum atomic E-state index is 0.269. The lowest BCUT2D eigenvalue weighted by molar-refractivity contribution is 0.282. The third-order valence-corrected chi connectivity index (χ3v) is 2.67. The van der Waals surface area contributed by atoms with Gasteiger partial charge in [-0.15, -0.1) is 0 Å². The number of ether oxygens (including phenoxy) is 2. The van der Waals surface area contributed by atoms with Gasteiger partial charge in [-0.1, -0.05) is 0 Å². The summed E-state index contributed by atoms with van der Waals surface area (Å²) in [6, 6.07) is 1.78. The van der Waals surface area contributed by atoms with Crippen LogP contribution in [0.25, 0.3) is 0 Å². The van der Waals surface area contributed by atoms with Crippen LogP contribution in [0.4, 0.5) is 0 Å². The number of hydrogen-bond acceptors (Lipinski definition) is 5. The lowest BCUT2D eigenvalue weighted by Crippen LogP contribution is -2.16. The van der Waals surface area contributed by atoms with Crippen LogP contribution >= 0.6 is 0 Å². The van der Waals surface area contributed by atoms with Crippen LogP contribution in [-0.2, 0) is 6.54 Å². The first-order chi connectivity index (χ1) is 8.83. The maximum absolute atomic E-state index is 8.67. The Bertz CT molecular complexity index is 345. The molecular formula is C13H22N2O3. The third-order valence-electron chi connectivity index (χ3n) is 2.67. The molecule has 5 nitrogen and oxygen atoms in total. The van der Waals surface area contributed by atoms with Crippen molar-refractivity contribution in [2.45, 2.75) is 25.8 Å². The highest BCUT2D eigenvalue weighted by atomic mass is 16.5. The molecule has 1 rings (SSSR count). The lowest BCUT2D eigenvalue weighted by atomic mass is 10.2. The van der Waals surface area contributed by atoms with Crippen LogP contribution < -0.4 is 14.8 Å². The van der Waals surface area contributed by atoms with Gasteiger partial charge in [-0.05, 0) is 25.8 Å². The molecule has 0 unspecified atom stereocenters. The van der Waals surface area contributed by atoms with E-state index in [0.717, 1.165) is 31.5 Å². The van der Waals surface area contributed by atoms with Gasteiger partial charge in [0.15, 0.2) is 11.5 Å². The molecule has 0 bridgehead atoms. The molecule has 0 radical (unpaired) electrons. The van der Waals surface area contributed by atoms with Crippen LogP contribution in [0.15, 0.2) is 12.3 Å². The van der Waals surface area contributed by atoms with Gasteiger partial charge in [0, 0.05) is 25.4 Å². The Labute approximate surface area is 108 Å². The van der Waals surface area contributed by atoms with Gasteiger partial charge >= 0.3 is 0 Å². The molecule has 102 valence electrons. The van der Waals surface area contributed by atoms with Gasteiger partial charge < -0.3 is 19.9 Å². The maximum atomic E-state index is 8.67. The van der Waals surface area contributed by atoms with Crippen molar-refractivity contribution in [2.75, 3.05) is 27.4 Å². The Hall–Kier alpha value is -1.33. The normalized spacial score (nSPS) is 10.4. The van der Waals surface area contributed by atoms with Crippen molar-refractivity contribution in [3.63, 3.8) is 0 Å². The molecule has 0 aliphatic rings. The maximum Gasteiger partial charge on any atom is 0.183 e. The fourth-order valence-electron chi connectivity index (χ4n) is 1.72. The van der Waals surface area contributed by atoms with Crippen LogP contribution in [0.3, 0.4) is 0 Å². The first kappa shape index (κ1) is 14.7. The molecule has 1 heterocycles. The second-order valence-corrected chi connectivity index (χ2v) is 3.95. The van der Waals surface area contributed by atoms with E-state index in [-0.39, 0.29) is 6.61 Å². The predicted molar refractivity (Wildman–Crippen MR) is 70.0 cm³/mol.